The summed E-state index contributed by atoms with van der Waals surface area (Å²) in [5.41, 5.74) is 0.642. The molecule has 0 aliphatic carbocycles. The fraction of sp³-hybridized carbons (Fsp3) is 0.529. The fourth-order valence-corrected chi connectivity index (χ4v) is 2.84. The third-order valence-electron chi connectivity index (χ3n) is 3.83. The molecule has 2 N–H and O–H groups in total. The molecule has 1 aromatic rings. The van der Waals surface area contributed by atoms with Crippen LogP contribution in [0.4, 0.5) is 10.5 Å². The monoisotopic (exact) mass is 337 g/mol. The number of nitrogens with one attached hydrogen (secondary N) is 2. The number of nitrogens with zero attached hydrogens (tertiary/aromatic N) is 1. The second-order valence-corrected chi connectivity index (χ2v) is 6.76. The summed E-state index contributed by atoms with van der Waals surface area (Å²) in [7, 11) is 0. The van der Waals surface area contributed by atoms with Crippen LogP contribution < -0.4 is 10.6 Å². The highest BCUT2D eigenvalue weighted by atomic mass is 35.5. The molecule has 0 saturated carbocycles. The molecule has 0 spiro atoms. The first-order valence-electron chi connectivity index (χ1n) is 8.07. The first-order valence-corrected chi connectivity index (χ1v) is 8.45. The van der Waals surface area contributed by atoms with Crippen molar-refractivity contribution in [2.24, 2.45) is 5.92 Å². The molecular formula is C17H24ClN3O2. The van der Waals surface area contributed by atoms with Gasteiger partial charge in [-0.2, -0.15) is 0 Å². The lowest BCUT2D eigenvalue weighted by Gasteiger charge is -2.25. The van der Waals surface area contributed by atoms with E-state index in [1.807, 2.05) is 18.7 Å². The van der Waals surface area contributed by atoms with E-state index >= 15 is 0 Å². The van der Waals surface area contributed by atoms with E-state index in [0.29, 0.717) is 23.0 Å². The quantitative estimate of drug-likeness (QED) is 0.863. The van der Waals surface area contributed by atoms with Gasteiger partial charge in [-0.25, -0.2) is 4.79 Å². The van der Waals surface area contributed by atoms with Gasteiger partial charge < -0.3 is 15.5 Å². The number of likely N-dealkylation sites (tertiary alicyclic amines) is 1. The largest absolute Gasteiger partial charge is 0.341 e. The van der Waals surface area contributed by atoms with Crippen molar-refractivity contribution >= 4 is 29.2 Å². The molecule has 0 aromatic heterocycles. The average Bonchev–Trinajstić information content (AvgIpc) is 3.02. The Morgan fingerprint density at radius 1 is 1.17 bits per heavy atom. The Morgan fingerprint density at radius 2 is 1.78 bits per heavy atom. The highest BCUT2D eigenvalue weighted by Gasteiger charge is 2.28. The molecule has 0 radical (unpaired) electrons. The van der Waals surface area contributed by atoms with Crippen molar-refractivity contribution in [1.29, 1.82) is 0 Å². The Bertz CT molecular complexity index is 539. The first kappa shape index (κ1) is 17.6. The second-order valence-electron chi connectivity index (χ2n) is 6.32. The number of rotatable bonds is 5. The SMILES string of the molecule is CC(C)C[C@@H](NC(=O)Nc1ccc(Cl)cc1)C(=O)N1CCCC1. The van der Waals surface area contributed by atoms with E-state index in [2.05, 4.69) is 10.6 Å². The van der Waals surface area contributed by atoms with E-state index in [4.69, 9.17) is 11.6 Å². The van der Waals surface area contributed by atoms with Gasteiger partial charge in [0, 0.05) is 23.8 Å². The zero-order chi connectivity index (χ0) is 16.8. The second kappa shape index (κ2) is 8.20. The van der Waals surface area contributed by atoms with E-state index in [9.17, 15) is 9.59 Å². The van der Waals surface area contributed by atoms with Gasteiger partial charge in [-0.1, -0.05) is 25.4 Å². The fourth-order valence-electron chi connectivity index (χ4n) is 2.71. The van der Waals surface area contributed by atoms with Crippen LogP contribution in [0.1, 0.15) is 33.1 Å². The van der Waals surface area contributed by atoms with Crippen LogP contribution in [0.2, 0.25) is 5.02 Å². The molecule has 2 rings (SSSR count). The molecule has 1 atom stereocenters. The van der Waals surface area contributed by atoms with Gasteiger partial charge in [-0.3, -0.25) is 4.79 Å². The summed E-state index contributed by atoms with van der Waals surface area (Å²) >= 11 is 5.83. The molecule has 1 aliphatic rings. The molecule has 1 heterocycles. The number of hydrogen-bond acceptors (Lipinski definition) is 2. The summed E-state index contributed by atoms with van der Waals surface area (Å²) < 4.78 is 0. The highest BCUT2D eigenvalue weighted by Crippen LogP contribution is 2.15. The van der Waals surface area contributed by atoms with Crippen molar-refractivity contribution in [3.05, 3.63) is 29.3 Å². The zero-order valence-corrected chi connectivity index (χ0v) is 14.4. The average molecular weight is 338 g/mol. The van der Waals surface area contributed by atoms with E-state index in [1.165, 1.54) is 0 Å². The molecule has 1 aliphatic heterocycles. The number of amides is 3. The predicted octanol–water partition coefficient (Wildman–Crippen LogP) is 3.50. The maximum absolute atomic E-state index is 12.6. The van der Waals surface area contributed by atoms with Crippen LogP contribution in [0.5, 0.6) is 0 Å². The molecule has 6 heteroatoms. The number of anilines is 1. The van der Waals surface area contributed by atoms with E-state index in [1.54, 1.807) is 24.3 Å². The van der Waals surface area contributed by atoms with Crippen molar-refractivity contribution in [3.8, 4) is 0 Å². The maximum Gasteiger partial charge on any atom is 0.319 e. The molecule has 1 aromatic carbocycles. The summed E-state index contributed by atoms with van der Waals surface area (Å²) in [5, 5.41) is 6.16. The van der Waals surface area contributed by atoms with Crippen molar-refractivity contribution < 1.29 is 9.59 Å². The van der Waals surface area contributed by atoms with E-state index in [-0.39, 0.29) is 11.9 Å². The van der Waals surface area contributed by atoms with Gasteiger partial charge in [-0.05, 0) is 49.4 Å². The Kier molecular flexibility index (Phi) is 6.28. The third-order valence-corrected chi connectivity index (χ3v) is 4.08. The molecule has 126 valence electrons. The summed E-state index contributed by atoms with van der Waals surface area (Å²) in [6.07, 6.45) is 2.71. The zero-order valence-electron chi connectivity index (χ0n) is 13.6. The minimum Gasteiger partial charge on any atom is -0.341 e. The maximum atomic E-state index is 12.6. The van der Waals surface area contributed by atoms with Crippen molar-refractivity contribution in [1.82, 2.24) is 10.2 Å². The minimum absolute atomic E-state index is 0.0162. The number of carbonyl (C=O) groups is 2. The molecule has 0 bridgehead atoms. The van der Waals surface area contributed by atoms with Crippen molar-refractivity contribution in [2.45, 2.75) is 39.2 Å². The Morgan fingerprint density at radius 3 is 2.35 bits per heavy atom. The van der Waals surface area contributed by atoms with Crippen LogP contribution >= 0.6 is 11.6 Å². The van der Waals surface area contributed by atoms with Gasteiger partial charge in [0.1, 0.15) is 6.04 Å². The van der Waals surface area contributed by atoms with E-state index < -0.39 is 6.04 Å². The minimum atomic E-state index is -0.486. The molecule has 23 heavy (non-hydrogen) atoms. The molecule has 5 nitrogen and oxygen atoms in total. The van der Waals surface area contributed by atoms with Crippen LogP contribution in [0.15, 0.2) is 24.3 Å². The number of hydrogen-bond donors (Lipinski definition) is 2. The number of carbonyl (C=O) groups excluding carboxylic acids is 2. The Labute approximate surface area is 142 Å². The van der Waals surface area contributed by atoms with Crippen LogP contribution in [0.25, 0.3) is 0 Å². The standard InChI is InChI=1S/C17H24ClN3O2/c1-12(2)11-15(16(22)21-9-3-4-10-21)20-17(23)19-14-7-5-13(18)6-8-14/h5-8,12,15H,3-4,9-11H2,1-2H3,(H2,19,20,23)/t15-/m1/s1. The molecule has 1 saturated heterocycles. The lowest BCUT2D eigenvalue weighted by molar-refractivity contribution is -0.132. The number of benzene rings is 1. The van der Waals surface area contributed by atoms with Crippen molar-refractivity contribution in [3.63, 3.8) is 0 Å². The van der Waals surface area contributed by atoms with Crippen LogP contribution in [0.3, 0.4) is 0 Å². The molecule has 0 unspecified atom stereocenters. The molecule has 1 fully saturated rings. The molecule has 3 amide bonds. The summed E-state index contributed by atoms with van der Waals surface area (Å²) in [6.45, 7) is 5.66. The molecular weight excluding hydrogens is 314 g/mol. The third kappa shape index (κ3) is 5.43. The summed E-state index contributed by atoms with van der Waals surface area (Å²) in [5.74, 6) is 0.338. The summed E-state index contributed by atoms with van der Waals surface area (Å²) in [4.78, 5) is 26.6. The van der Waals surface area contributed by atoms with Gasteiger partial charge in [0.2, 0.25) is 5.91 Å². The number of urea groups is 1. The lowest BCUT2D eigenvalue weighted by Crippen LogP contribution is -2.49. The van der Waals surface area contributed by atoms with Gasteiger partial charge in [-0.15, -0.1) is 0 Å². The van der Waals surface area contributed by atoms with Crippen LogP contribution in [0, 0.1) is 5.92 Å². The lowest BCUT2D eigenvalue weighted by atomic mass is 10.0. The Balaban J connectivity index is 1.96. The van der Waals surface area contributed by atoms with Gasteiger partial charge in [0.15, 0.2) is 0 Å². The van der Waals surface area contributed by atoms with E-state index in [0.717, 1.165) is 25.9 Å². The normalized spacial score (nSPS) is 15.6. The Hall–Kier alpha value is -1.75. The smallest absolute Gasteiger partial charge is 0.319 e. The van der Waals surface area contributed by atoms with Gasteiger partial charge in [0.25, 0.3) is 0 Å². The number of halogens is 1. The first-order chi connectivity index (χ1) is 11.0. The van der Waals surface area contributed by atoms with Crippen molar-refractivity contribution in [2.75, 3.05) is 18.4 Å². The van der Waals surface area contributed by atoms with Gasteiger partial charge >= 0.3 is 6.03 Å². The summed E-state index contributed by atoms with van der Waals surface area (Å²) in [6, 6.07) is 6.01. The predicted molar refractivity (Wildman–Crippen MR) is 92.7 cm³/mol. The van der Waals surface area contributed by atoms with Gasteiger partial charge in [0.05, 0.1) is 0 Å². The van der Waals surface area contributed by atoms with Crippen LogP contribution in [-0.2, 0) is 4.79 Å². The highest BCUT2D eigenvalue weighted by molar-refractivity contribution is 6.30. The topological polar surface area (TPSA) is 61.4 Å². The van der Waals surface area contributed by atoms with Crippen LogP contribution in [-0.4, -0.2) is 36.0 Å².